The number of nitrogens with zero attached hydrogens (tertiary/aromatic N) is 1. The normalized spacial score (nSPS) is 12.8. The molecule has 0 spiro atoms. The van der Waals surface area contributed by atoms with Crippen LogP contribution in [0.25, 0.3) is 6.08 Å². The van der Waals surface area contributed by atoms with E-state index < -0.39 is 16.2 Å². The van der Waals surface area contributed by atoms with Crippen LogP contribution in [0, 0.1) is 6.92 Å². The van der Waals surface area contributed by atoms with Gasteiger partial charge in [-0.25, -0.2) is 4.98 Å². The third-order valence-corrected chi connectivity index (χ3v) is 15.0. The third-order valence-electron chi connectivity index (χ3n) is 6.89. The third kappa shape index (κ3) is 10.2. The number of halogens is 2. The Kier molecular flexibility index (Phi) is 14.2. The van der Waals surface area contributed by atoms with Crippen molar-refractivity contribution in [2.24, 2.45) is 0 Å². The molecule has 40 heavy (non-hydrogen) atoms. The second-order valence-corrected chi connectivity index (χ2v) is 19.4. The van der Waals surface area contributed by atoms with Gasteiger partial charge in [0, 0.05) is 10.4 Å². The Morgan fingerprint density at radius 2 is 1.32 bits per heavy atom. The molecule has 4 aromatic rings. The van der Waals surface area contributed by atoms with E-state index in [-0.39, 0.29) is 35.1 Å². The van der Waals surface area contributed by atoms with Crippen LogP contribution in [-0.4, -0.2) is 19.4 Å². The molecule has 1 atom stereocenters. The fourth-order valence-electron chi connectivity index (χ4n) is 3.73. The fourth-order valence-corrected chi connectivity index (χ4v) is 8.35. The Hall–Kier alpha value is -1.34. The second kappa shape index (κ2) is 16.3. The number of benzene rings is 3. The van der Waals surface area contributed by atoms with Crippen molar-refractivity contribution in [2.45, 2.75) is 65.3 Å². The Morgan fingerprint density at radius 3 is 1.65 bits per heavy atom. The van der Waals surface area contributed by atoms with Crippen LogP contribution >= 0.6 is 54.8 Å². The van der Waals surface area contributed by atoms with Crippen LogP contribution in [0.5, 0.6) is 0 Å². The molecule has 3 aromatic carbocycles. The van der Waals surface area contributed by atoms with Crippen molar-refractivity contribution in [3.63, 3.8) is 0 Å². The van der Waals surface area contributed by atoms with Gasteiger partial charge in [0.1, 0.15) is 0 Å². The minimum atomic E-state index is -1.81. The van der Waals surface area contributed by atoms with Crippen molar-refractivity contribution in [3.8, 4) is 0 Å². The molecule has 1 aromatic heterocycles. The lowest BCUT2D eigenvalue weighted by molar-refractivity contribution is 0.217. The molecule has 2 nitrogen and oxygen atoms in total. The van der Waals surface area contributed by atoms with E-state index in [9.17, 15) is 0 Å². The minimum absolute atomic E-state index is 0. The van der Waals surface area contributed by atoms with Crippen molar-refractivity contribution in [2.75, 3.05) is 0 Å². The van der Waals surface area contributed by atoms with E-state index in [2.05, 4.69) is 137 Å². The van der Waals surface area contributed by atoms with Crippen molar-refractivity contribution in [1.82, 2.24) is 4.98 Å². The van der Waals surface area contributed by atoms with Crippen molar-refractivity contribution >= 4 is 85.1 Å². The minimum Gasteiger partial charge on any atom is -0.409 e. The molecule has 0 fully saturated rings. The predicted octanol–water partition coefficient (Wildman–Crippen LogP) is 9.89. The number of aromatic nitrogens is 1. The van der Waals surface area contributed by atoms with Gasteiger partial charge in [0.2, 0.25) is 0 Å². The number of rotatable bonds is 8. The van der Waals surface area contributed by atoms with Gasteiger partial charge in [0.15, 0.2) is 8.32 Å². The Bertz CT molecular complexity index is 1220. The number of hydrogen-bond donors (Lipinski definition) is 0. The van der Waals surface area contributed by atoms with E-state index in [0.717, 1.165) is 22.2 Å². The first-order chi connectivity index (χ1) is 18.5. The number of thiazole rings is 1. The lowest BCUT2D eigenvalue weighted by atomic mass is 10.2. The maximum atomic E-state index is 6.47. The number of hydrogen-bond acceptors (Lipinski definition) is 3. The van der Waals surface area contributed by atoms with Crippen LogP contribution in [-0.2, 0) is 4.43 Å². The van der Waals surface area contributed by atoms with Crippen LogP contribution in [0.15, 0.2) is 101 Å². The Balaban J connectivity index is 0.000000273. The summed E-state index contributed by atoms with van der Waals surface area (Å²) < 4.78 is 6.41. The average molecular weight is 722 g/mol. The average Bonchev–Trinajstić information content (AvgIpc) is 3.33. The molecule has 0 aliphatic rings. The SMILES string of the molecule is CC[C@H](O[Si](C)(C)C(C)(C)C)C(Cl)=Cc1csc(C)n1.I.c1ccc(P(c2ccccc2)c2ccccc2)cc1. The summed E-state index contributed by atoms with van der Waals surface area (Å²) in [6.45, 7) is 15.4. The molecule has 0 aliphatic carbocycles. The molecule has 0 bridgehead atoms. The molecule has 0 aliphatic heterocycles. The number of aryl methyl sites for hydroxylation is 1. The molecule has 214 valence electrons. The van der Waals surface area contributed by atoms with Crippen LogP contribution in [0.3, 0.4) is 0 Å². The predicted molar refractivity (Wildman–Crippen MR) is 194 cm³/mol. The summed E-state index contributed by atoms with van der Waals surface area (Å²) in [5, 5.41) is 8.22. The van der Waals surface area contributed by atoms with E-state index in [1.165, 1.54) is 15.9 Å². The van der Waals surface area contributed by atoms with Gasteiger partial charge in [-0.3, -0.25) is 0 Å². The van der Waals surface area contributed by atoms with Crippen LogP contribution in [0.4, 0.5) is 0 Å². The Morgan fingerprint density at radius 1 is 0.900 bits per heavy atom. The zero-order valence-electron chi connectivity index (χ0n) is 24.6. The topological polar surface area (TPSA) is 22.1 Å². The standard InChI is InChI=1S/C18H15P.C15H26ClNOSSi.HI/c1-4-10-16(11-5-1)19(17-12-6-2-7-13-17)18-14-8-3-9-15-18;1-8-14(18-20(6,7)15(3,4)5)13(16)9-12-10-19-11(2)17-12;/h1-15H;9-10,14H,8H2,1-7H3;1H/t;14-;/m.0./s1. The molecule has 0 N–H and O–H groups in total. The summed E-state index contributed by atoms with van der Waals surface area (Å²) in [5.74, 6) is 0. The molecule has 1 heterocycles. The summed E-state index contributed by atoms with van der Waals surface area (Å²) >= 11 is 8.11. The largest absolute Gasteiger partial charge is 0.409 e. The van der Waals surface area contributed by atoms with E-state index in [1.54, 1.807) is 11.3 Å². The smallest absolute Gasteiger partial charge is 0.192 e. The van der Waals surface area contributed by atoms with Gasteiger partial charge in [0.25, 0.3) is 0 Å². The van der Waals surface area contributed by atoms with E-state index in [4.69, 9.17) is 16.0 Å². The zero-order valence-corrected chi connectivity index (χ0v) is 30.4. The maximum absolute atomic E-state index is 6.47. The molecule has 7 heteroatoms. The van der Waals surface area contributed by atoms with Gasteiger partial charge in [0.05, 0.1) is 16.8 Å². The summed E-state index contributed by atoms with van der Waals surface area (Å²) in [7, 11) is -2.25. The van der Waals surface area contributed by atoms with E-state index >= 15 is 0 Å². The summed E-state index contributed by atoms with van der Waals surface area (Å²) in [6.07, 6.45) is 2.79. The highest BCUT2D eigenvalue weighted by atomic mass is 127. The molecule has 0 saturated carbocycles. The zero-order chi connectivity index (χ0) is 28.5. The van der Waals surface area contributed by atoms with Gasteiger partial charge < -0.3 is 4.43 Å². The fraction of sp³-hybridized carbons (Fsp3) is 0.303. The molecular weight excluding hydrogens is 680 g/mol. The first kappa shape index (κ1) is 34.9. The second-order valence-electron chi connectivity index (χ2n) is 10.9. The maximum Gasteiger partial charge on any atom is 0.192 e. The Labute approximate surface area is 270 Å². The molecular formula is C33H42ClINOPSSi. The molecule has 0 amide bonds. The quantitative estimate of drug-likeness (QED) is 0.103. The lowest BCUT2D eigenvalue weighted by Crippen LogP contribution is -2.43. The van der Waals surface area contributed by atoms with Gasteiger partial charge in [-0.15, -0.1) is 35.3 Å². The highest BCUT2D eigenvalue weighted by molar-refractivity contribution is 14.0. The lowest BCUT2D eigenvalue weighted by Gasteiger charge is -2.39. The van der Waals surface area contributed by atoms with Crippen molar-refractivity contribution in [1.29, 1.82) is 0 Å². The van der Waals surface area contributed by atoms with Crippen molar-refractivity contribution < 1.29 is 4.43 Å². The van der Waals surface area contributed by atoms with Crippen LogP contribution < -0.4 is 15.9 Å². The highest BCUT2D eigenvalue weighted by Crippen LogP contribution is 2.39. The van der Waals surface area contributed by atoms with Gasteiger partial charge in [-0.2, -0.15) is 0 Å². The monoisotopic (exact) mass is 721 g/mol. The molecule has 0 saturated heterocycles. The van der Waals surface area contributed by atoms with E-state index in [1.807, 2.05) is 18.4 Å². The van der Waals surface area contributed by atoms with Crippen LogP contribution in [0.2, 0.25) is 18.1 Å². The first-order valence-electron chi connectivity index (χ1n) is 13.4. The van der Waals surface area contributed by atoms with E-state index in [0.29, 0.717) is 0 Å². The van der Waals surface area contributed by atoms with Gasteiger partial charge in [-0.1, -0.05) is 130 Å². The summed E-state index contributed by atoms with van der Waals surface area (Å²) in [5.41, 5.74) is 0.926. The molecule has 4 rings (SSSR count). The van der Waals surface area contributed by atoms with Crippen LogP contribution in [0.1, 0.15) is 44.8 Å². The summed E-state index contributed by atoms with van der Waals surface area (Å²) in [6, 6.07) is 32.3. The van der Waals surface area contributed by atoms with Gasteiger partial charge >= 0.3 is 0 Å². The van der Waals surface area contributed by atoms with Crippen molar-refractivity contribution in [3.05, 3.63) is 112 Å². The first-order valence-corrected chi connectivity index (χ1v) is 18.9. The molecule has 0 radical (unpaired) electrons. The summed E-state index contributed by atoms with van der Waals surface area (Å²) in [4.78, 5) is 4.43. The molecule has 0 unspecified atom stereocenters. The van der Waals surface area contributed by atoms with Gasteiger partial charge in [-0.05, 0) is 61.4 Å². The highest BCUT2D eigenvalue weighted by Gasteiger charge is 2.39.